The Kier molecular flexibility index (Phi) is 1.12. The maximum atomic E-state index is 12.1. The summed E-state index contributed by atoms with van der Waals surface area (Å²) in [4.78, 5) is 3.23. The highest BCUT2D eigenvalue weighted by Crippen LogP contribution is 2.01. The van der Waals surface area contributed by atoms with Crippen molar-refractivity contribution in [3.05, 3.63) is 24.3 Å². The molecule has 0 spiro atoms. The minimum Gasteiger partial charge on any atom is -0.395 e. The Morgan fingerprint density at radius 2 is 2.50 bits per heavy atom. The van der Waals surface area contributed by atoms with Gasteiger partial charge in [-0.3, -0.25) is 0 Å². The Morgan fingerprint density at radius 3 is 2.88 bits per heavy atom. The van der Waals surface area contributed by atoms with Gasteiger partial charge in [-0.2, -0.15) is 4.39 Å². The second-order valence-electron chi connectivity index (χ2n) is 1.32. The van der Waals surface area contributed by atoms with Crippen molar-refractivity contribution < 1.29 is 4.39 Å². The molecule has 0 aliphatic carbocycles. The normalized spacial score (nSPS) is 9.12. The molecular formula is C5H4FN2. The van der Waals surface area contributed by atoms with Crippen LogP contribution in [-0.2, 0) is 0 Å². The highest BCUT2D eigenvalue weighted by Gasteiger charge is 1.91. The summed E-state index contributed by atoms with van der Waals surface area (Å²) in [6.45, 7) is 0. The zero-order chi connectivity index (χ0) is 5.98. The number of nitrogens with zero attached hydrogens (tertiary/aromatic N) is 1. The first-order valence-electron chi connectivity index (χ1n) is 2.08. The van der Waals surface area contributed by atoms with Crippen LogP contribution in [0.4, 0.5) is 10.1 Å². The molecule has 1 heterocycles. The summed E-state index contributed by atoms with van der Waals surface area (Å²) < 4.78 is 12.1. The van der Waals surface area contributed by atoms with Gasteiger partial charge >= 0.3 is 0 Å². The van der Waals surface area contributed by atoms with Crippen molar-refractivity contribution in [2.24, 2.45) is 0 Å². The van der Waals surface area contributed by atoms with Crippen molar-refractivity contribution in [1.29, 1.82) is 0 Å². The molecule has 1 radical (unpaired) electrons. The van der Waals surface area contributed by atoms with Crippen LogP contribution in [0.15, 0.2) is 12.3 Å². The van der Waals surface area contributed by atoms with Crippen LogP contribution < -0.4 is 5.73 Å². The van der Waals surface area contributed by atoms with E-state index in [-0.39, 0.29) is 5.69 Å². The average molecular weight is 111 g/mol. The Bertz CT molecular complexity index is 167. The van der Waals surface area contributed by atoms with Crippen LogP contribution in [-0.4, -0.2) is 4.98 Å². The SMILES string of the molecule is Nc1c[c]cnc1F. The third kappa shape index (κ3) is 0.753. The Labute approximate surface area is 46.2 Å². The van der Waals surface area contributed by atoms with Gasteiger partial charge in [0, 0.05) is 12.3 Å². The minimum absolute atomic E-state index is 0.0347. The standard InChI is InChI=1S/C5H4FN2/c6-5-4(7)2-1-3-8-5/h2-3H,7H2. The molecule has 0 aliphatic rings. The fourth-order valence-electron chi connectivity index (χ4n) is 0.355. The zero-order valence-corrected chi connectivity index (χ0v) is 4.06. The lowest BCUT2D eigenvalue weighted by atomic mass is 10.4. The molecular weight excluding hydrogens is 107 g/mol. The molecule has 1 rings (SSSR count). The Hall–Kier alpha value is -1.12. The number of pyridine rings is 1. The molecule has 8 heavy (non-hydrogen) atoms. The first-order chi connectivity index (χ1) is 3.80. The largest absolute Gasteiger partial charge is 0.395 e. The fraction of sp³-hybridized carbons (Fsp3) is 0. The van der Waals surface area contributed by atoms with Crippen molar-refractivity contribution in [2.45, 2.75) is 0 Å². The van der Waals surface area contributed by atoms with Gasteiger partial charge < -0.3 is 5.73 Å². The molecule has 2 N–H and O–H groups in total. The van der Waals surface area contributed by atoms with E-state index in [2.05, 4.69) is 11.1 Å². The van der Waals surface area contributed by atoms with Crippen molar-refractivity contribution in [3.63, 3.8) is 0 Å². The van der Waals surface area contributed by atoms with E-state index in [1.165, 1.54) is 12.3 Å². The summed E-state index contributed by atoms with van der Waals surface area (Å²) >= 11 is 0. The second-order valence-corrected chi connectivity index (χ2v) is 1.32. The lowest BCUT2D eigenvalue weighted by Crippen LogP contribution is -1.91. The third-order valence-electron chi connectivity index (χ3n) is 0.729. The predicted molar refractivity (Wildman–Crippen MR) is 27.4 cm³/mol. The van der Waals surface area contributed by atoms with Gasteiger partial charge in [0.25, 0.3) is 0 Å². The summed E-state index contributed by atoms with van der Waals surface area (Å²) in [5.74, 6) is -0.635. The molecule has 3 heteroatoms. The van der Waals surface area contributed by atoms with E-state index in [1.807, 2.05) is 0 Å². The Balaban J connectivity index is 3.13. The van der Waals surface area contributed by atoms with Crippen LogP contribution in [0.3, 0.4) is 0 Å². The molecule has 2 nitrogen and oxygen atoms in total. The minimum atomic E-state index is -0.635. The van der Waals surface area contributed by atoms with Crippen LogP contribution in [0, 0.1) is 12.0 Å². The van der Waals surface area contributed by atoms with Crippen molar-refractivity contribution >= 4 is 5.69 Å². The molecule has 0 unspecified atom stereocenters. The molecule has 1 aromatic rings. The first-order valence-corrected chi connectivity index (χ1v) is 2.08. The molecule has 0 aromatic carbocycles. The van der Waals surface area contributed by atoms with E-state index in [1.54, 1.807) is 0 Å². The molecule has 0 fully saturated rings. The van der Waals surface area contributed by atoms with Crippen LogP contribution in [0.2, 0.25) is 0 Å². The summed E-state index contributed by atoms with van der Waals surface area (Å²) in [5, 5.41) is 0. The number of rotatable bonds is 0. The van der Waals surface area contributed by atoms with Gasteiger partial charge in [0.2, 0.25) is 5.95 Å². The lowest BCUT2D eigenvalue weighted by molar-refractivity contribution is 0.589. The van der Waals surface area contributed by atoms with E-state index in [9.17, 15) is 4.39 Å². The number of hydrogen-bond acceptors (Lipinski definition) is 2. The number of nitrogens with two attached hydrogens (primary N) is 1. The first kappa shape index (κ1) is 5.03. The van der Waals surface area contributed by atoms with E-state index in [4.69, 9.17) is 5.73 Å². The van der Waals surface area contributed by atoms with Gasteiger partial charge in [-0.15, -0.1) is 0 Å². The van der Waals surface area contributed by atoms with Gasteiger partial charge in [0.1, 0.15) is 0 Å². The van der Waals surface area contributed by atoms with Crippen molar-refractivity contribution in [3.8, 4) is 0 Å². The topological polar surface area (TPSA) is 38.9 Å². The molecule has 0 aliphatic heterocycles. The van der Waals surface area contributed by atoms with Gasteiger partial charge in [-0.05, 0) is 6.07 Å². The molecule has 1 aromatic heterocycles. The van der Waals surface area contributed by atoms with Crippen LogP contribution in [0.25, 0.3) is 0 Å². The van der Waals surface area contributed by atoms with Gasteiger partial charge in [0.15, 0.2) is 0 Å². The van der Waals surface area contributed by atoms with E-state index in [0.717, 1.165) is 0 Å². The molecule has 0 bridgehead atoms. The number of halogens is 1. The van der Waals surface area contributed by atoms with Crippen LogP contribution in [0.5, 0.6) is 0 Å². The molecule has 0 saturated carbocycles. The highest BCUT2D eigenvalue weighted by atomic mass is 19.1. The summed E-state index contributed by atoms with van der Waals surface area (Å²) in [6, 6.07) is 3.86. The van der Waals surface area contributed by atoms with Crippen LogP contribution >= 0.6 is 0 Å². The molecule has 41 valence electrons. The fourth-order valence-corrected chi connectivity index (χ4v) is 0.355. The van der Waals surface area contributed by atoms with Crippen LogP contribution in [0.1, 0.15) is 0 Å². The van der Waals surface area contributed by atoms with E-state index >= 15 is 0 Å². The summed E-state index contributed by atoms with van der Waals surface area (Å²) in [7, 11) is 0. The monoisotopic (exact) mass is 111 g/mol. The highest BCUT2D eigenvalue weighted by molar-refractivity contribution is 5.33. The zero-order valence-electron chi connectivity index (χ0n) is 4.06. The number of hydrogen-bond donors (Lipinski definition) is 1. The molecule has 0 atom stereocenters. The summed E-state index contributed by atoms with van der Waals surface area (Å²) in [6.07, 6.45) is 1.23. The predicted octanol–water partition coefficient (Wildman–Crippen LogP) is 0.603. The lowest BCUT2D eigenvalue weighted by Gasteiger charge is -1.88. The molecule has 0 amide bonds. The van der Waals surface area contributed by atoms with Crippen molar-refractivity contribution in [2.75, 3.05) is 5.73 Å². The Morgan fingerprint density at radius 1 is 1.75 bits per heavy atom. The quantitative estimate of drug-likeness (QED) is 0.498. The number of aromatic nitrogens is 1. The number of nitrogen functional groups attached to an aromatic ring is 1. The smallest absolute Gasteiger partial charge is 0.236 e. The van der Waals surface area contributed by atoms with Gasteiger partial charge in [-0.1, -0.05) is 0 Å². The third-order valence-corrected chi connectivity index (χ3v) is 0.729. The number of anilines is 1. The maximum Gasteiger partial charge on any atom is 0.236 e. The molecule has 0 saturated heterocycles. The maximum absolute atomic E-state index is 12.1. The van der Waals surface area contributed by atoms with E-state index < -0.39 is 5.95 Å². The summed E-state index contributed by atoms with van der Waals surface area (Å²) in [5.41, 5.74) is 5.09. The van der Waals surface area contributed by atoms with Crippen molar-refractivity contribution in [1.82, 2.24) is 4.98 Å². The van der Waals surface area contributed by atoms with E-state index in [0.29, 0.717) is 0 Å². The van der Waals surface area contributed by atoms with Gasteiger partial charge in [0.05, 0.1) is 5.69 Å². The van der Waals surface area contributed by atoms with Gasteiger partial charge in [-0.25, -0.2) is 4.98 Å². The average Bonchev–Trinajstić information content (AvgIpc) is 1.77. The second kappa shape index (κ2) is 1.78.